The lowest BCUT2D eigenvalue weighted by molar-refractivity contribution is 0.0695. The molecule has 0 spiro atoms. The Morgan fingerprint density at radius 2 is 1.74 bits per heavy atom. The van der Waals surface area contributed by atoms with Crippen molar-refractivity contribution in [2.75, 3.05) is 27.7 Å². The molecule has 2 aromatic carbocycles. The van der Waals surface area contributed by atoms with E-state index >= 15 is 0 Å². The summed E-state index contributed by atoms with van der Waals surface area (Å²) in [7, 11) is 4.77. The highest BCUT2D eigenvalue weighted by Crippen LogP contribution is 2.20. The van der Waals surface area contributed by atoms with Gasteiger partial charge in [0.15, 0.2) is 0 Å². The number of rotatable bonds is 7. The third-order valence-electron chi connectivity index (χ3n) is 3.99. The highest BCUT2D eigenvalue weighted by molar-refractivity contribution is 5.99. The zero-order valence-corrected chi connectivity index (χ0v) is 15.5. The summed E-state index contributed by atoms with van der Waals surface area (Å²) < 4.78 is 5.22. The quantitative estimate of drug-likeness (QED) is 0.778. The molecule has 2 rings (SSSR count). The first kappa shape index (κ1) is 20.0. The molecule has 0 saturated carbocycles. The molecule has 0 atom stereocenters. The molecule has 0 aromatic heterocycles. The number of nitrogens with zero attached hydrogens (tertiary/aromatic N) is 1. The first-order valence-corrected chi connectivity index (χ1v) is 8.33. The van der Waals surface area contributed by atoms with Gasteiger partial charge in [0.25, 0.3) is 11.8 Å². The van der Waals surface area contributed by atoms with E-state index in [1.54, 1.807) is 44.4 Å². The summed E-state index contributed by atoms with van der Waals surface area (Å²) in [5, 5.41) is 11.8. The molecule has 0 radical (unpaired) electrons. The van der Waals surface area contributed by atoms with Crippen molar-refractivity contribution < 1.29 is 24.2 Å². The van der Waals surface area contributed by atoms with Crippen molar-refractivity contribution in [2.24, 2.45) is 0 Å². The lowest BCUT2D eigenvalue weighted by atomic mass is 10.1. The van der Waals surface area contributed by atoms with Gasteiger partial charge in [-0.25, -0.2) is 4.79 Å². The molecule has 0 heterocycles. The fraction of sp³-hybridized carbons (Fsp3) is 0.250. The summed E-state index contributed by atoms with van der Waals surface area (Å²) in [6.07, 6.45) is 0.477. The molecular weight excluding hydrogens is 348 g/mol. The van der Waals surface area contributed by atoms with E-state index in [1.165, 1.54) is 24.1 Å². The van der Waals surface area contributed by atoms with Crippen LogP contribution in [0.5, 0.6) is 5.75 Å². The maximum atomic E-state index is 12.3. The number of carboxylic acids is 1. The van der Waals surface area contributed by atoms with E-state index in [9.17, 15) is 14.4 Å². The SMILES string of the molecule is COc1cc(C(=O)O)ccc1CCNC(=O)c1cccc(C(=O)N(C)C)c1. The Balaban J connectivity index is 2.01. The number of hydrogen-bond acceptors (Lipinski definition) is 4. The van der Waals surface area contributed by atoms with Crippen molar-refractivity contribution in [3.8, 4) is 5.75 Å². The second kappa shape index (κ2) is 8.84. The van der Waals surface area contributed by atoms with E-state index in [4.69, 9.17) is 9.84 Å². The van der Waals surface area contributed by atoms with Crippen LogP contribution in [0.4, 0.5) is 0 Å². The number of hydrogen-bond donors (Lipinski definition) is 2. The molecule has 2 amide bonds. The third-order valence-corrected chi connectivity index (χ3v) is 3.99. The molecule has 7 nitrogen and oxygen atoms in total. The second-order valence-electron chi connectivity index (χ2n) is 6.12. The fourth-order valence-corrected chi connectivity index (χ4v) is 2.55. The predicted molar refractivity (Wildman–Crippen MR) is 100 cm³/mol. The van der Waals surface area contributed by atoms with Crippen molar-refractivity contribution >= 4 is 17.8 Å². The lowest BCUT2D eigenvalue weighted by Crippen LogP contribution is -2.27. The van der Waals surface area contributed by atoms with Crippen molar-refractivity contribution in [3.63, 3.8) is 0 Å². The van der Waals surface area contributed by atoms with Gasteiger partial charge in [0.2, 0.25) is 0 Å². The zero-order valence-electron chi connectivity index (χ0n) is 15.5. The number of ether oxygens (including phenoxy) is 1. The minimum atomic E-state index is -1.03. The number of carbonyl (C=O) groups excluding carboxylic acids is 2. The molecule has 7 heteroatoms. The number of aromatic carboxylic acids is 1. The molecule has 0 fully saturated rings. The molecule has 0 aliphatic rings. The predicted octanol–water partition coefficient (Wildman–Crippen LogP) is 2.07. The Labute approximate surface area is 157 Å². The number of nitrogens with one attached hydrogen (secondary N) is 1. The summed E-state index contributed by atoms with van der Waals surface area (Å²) in [4.78, 5) is 36.8. The summed E-state index contributed by atoms with van der Waals surface area (Å²) in [6, 6.07) is 11.1. The Kier molecular flexibility index (Phi) is 6.54. The number of carboxylic acid groups (broad SMARTS) is 1. The molecule has 0 unspecified atom stereocenters. The van der Waals surface area contributed by atoms with Gasteiger partial charge in [-0.15, -0.1) is 0 Å². The van der Waals surface area contributed by atoms with Gasteiger partial charge in [-0.2, -0.15) is 0 Å². The largest absolute Gasteiger partial charge is 0.496 e. The van der Waals surface area contributed by atoms with E-state index in [1.807, 2.05) is 0 Å². The van der Waals surface area contributed by atoms with Gasteiger partial charge in [0, 0.05) is 31.8 Å². The maximum absolute atomic E-state index is 12.3. The average Bonchev–Trinajstić information content (AvgIpc) is 2.67. The van der Waals surface area contributed by atoms with Gasteiger partial charge in [-0.3, -0.25) is 9.59 Å². The van der Waals surface area contributed by atoms with Crippen LogP contribution >= 0.6 is 0 Å². The minimum absolute atomic E-state index is 0.141. The Morgan fingerprint density at radius 1 is 1.04 bits per heavy atom. The van der Waals surface area contributed by atoms with E-state index < -0.39 is 5.97 Å². The lowest BCUT2D eigenvalue weighted by Gasteiger charge is -2.12. The van der Waals surface area contributed by atoms with Crippen molar-refractivity contribution in [3.05, 3.63) is 64.7 Å². The van der Waals surface area contributed by atoms with Crippen LogP contribution < -0.4 is 10.1 Å². The monoisotopic (exact) mass is 370 g/mol. The van der Waals surface area contributed by atoms with Crippen LogP contribution in [0, 0.1) is 0 Å². The fourth-order valence-electron chi connectivity index (χ4n) is 2.55. The number of carbonyl (C=O) groups is 3. The van der Waals surface area contributed by atoms with E-state index in [2.05, 4.69) is 5.32 Å². The minimum Gasteiger partial charge on any atom is -0.496 e. The number of amides is 2. The number of benzene rings is 2. The van der Waals surface area contributed by atoms with Gasteiger partial charge >= 0.3 is 5.97 Å². The second-order valence-corrected chi connectivity index (χ2v) is 6.12. The molecule has 2 N–H and O–H groups in total. The molecule has 27 heavy (non-hydrogen) atoms. The topological polar surface area (TPSA) is 95.9 Å². The first-order chi connectivity index (χ1) is 12.8. The highest BCUT2D eigenvalue weighted by atomic mass is 16.5. The van der Waals surface area contributed by atoms with Gasteiger partial charge in [-0.1, -0.05) is 12.1 Å². The standard InChI is InChI=1S/C20H22N2O5/c1-22(2)19(24)15-6-4-5-14(11-15)18(23)21-10-9-13-7-8-16(20(25)26)12-17(13)27-3/h4-8,11-12H,9-10H2,1-3H3,(H,21,23)(H,25,26). The zero-order chi connectivity index (χ0) is 20.0. The van der Waals surface area contributed by atoms with Crippen LogP contribution in [0.1, 0.15) is 36.6 Å². The molecule has 0 aliphatic heterocycles. The average molecular weight is 370 g/mol. The Hall–Kier alpha value is -3.35. The van der Waals surface area contributed by atoms with Crippen molar-refractivity contribution in [2.45, 2.75) is 6.42 Å². The highest BCUT2D eigenvalue weighted by Gasteiger charge is 2.13. The van der Waals surface area contributed by atoms with Crippen LogP contribution in [0.25, 0.3) is 0 Å². The van der Waals surface area contributed by atoms with E-state index in [0.29, 0.717) is 29.8 Å². The van der Waals surface area contributed by atoms with Crippen molar-refractivity contribution in [1.82, 2.24) is 10.2 Å². The normalized spacial score (nSPS) is 10.2. The maximum Gasteiger partial charge on any atom is 0.335 e. The van der Waals surface area contributed by atoms with Gasteiger partial charge in [-0.05, 0) is 42.3 Å². The first-order valence-electron chi connectivity index (χ1n) is 8.33. The van der Waals surface area contributed by atoms with E-state index in [0.717, 1.165) is 5.56 Å². The van der Waals surface area contributed by atoms with Crippen LogP contribution in [-0.2, 0) is 6.42 Å². The van der Waals surface area contributed by atoms with Crippen LogP contribution in [0.15, 0.2) is 42.5 Å². The van der Waals surface area contributed by atoms with E-state index in [-0.39, 0.29) is 17.4 Å². The van der Waals surface area contributed by atoms with Gasteiger partial charge < -0.3 is 20.1 Å². The summed E-state index contributed by atoms with van der Waals surface area (Å²) in [5.41, 5.74) is 1.77. The summed E-state index contributed by atoms with van der Waals surface area (Å²) >= 11 is 0. The van der Waals surface area contributed by atoms with Crippen LogP contribution in [0.3, 0.4) is 0 Å². The smallest absolute Gasteiger partial charge is 0.335 e. The third kappa shape index (κ3) is 5.07. The molecular formula is C20H22N2O5. The Bertz CT molecular complexity index is 861. The molecule has 142 valence electrons. The van der Waals surface area contributed by atoms with Crippen LogP contribution in [0.2, 0.25) is 0 Å². The molecule has 0 bridgehead atoms. The van der Waals surface area contributed by atoms with Crippen molar-refractivity contribution in [1.29, 1.82) is 0 Å². The summed E-state index contributed by atoms with van der Waals surface area (Å²) in [6.45, 7) is 0.341. The number of methoxy groups -OCH3 is 1. The van der Waals surface area contributed by atoms with Gasteiger partial charge in [0.1, 0.15) is 5.75 Å². The van der Waals surface area contributed by atoms with Crippen LogP contribution in [-0.4, -0.2) is 55.5 Å². The summed E-state index contributed by atoms with van der Waals surface area (Å²) in [5.74, 6) is -1.03. The molecule has 0 saturated heterocycles. The Morgan fingerprint density at radius 3 is 2.37 bits per heavy atom. The van der Waals surface area contributed by atoms with Gasteiger partial charge in [0.05, 0.1) is 12.7 Å². The molecule has 2 aromatic rings. The molecule has 0 aliphatic carbocycles.